The SMILES string of the molecule is COc1cc(Br)c(Oc2cc(Cl)nc(SC)n2)cc1Br. The Bertz CT molecular complexity index is 643. The van der Waals surface area contributed by atoms with Crippen LogP contribution in [0, 0.1) is 0 Å². The minimum atomic E-state index is 0.336. The Morgan fingerprint density at radius 2 is 1.75 bits per heavy atom. The monoisotopic (exact) mass is 438 g/mol. The number of methoxy groups -OCH3 is 1. The molecule has 8 heteroatoms. The molecule has 2 aromatic rings. The lowest BCUT2D eigenvalue weighted by Gasteiger charge is -2.10. The Morgan fingerprint density at radius 1 is 1.10 bits per heavy atom. The Morgan fingerprint density at radius 3 is 2.40 bits per heavy atom. The molecule has 1 heterocycles. The van der Waals surface area contributed by atoms with Crippen LogP contribution in [0.5, 0.6) is 17.4 Å². The lowest BCUT2D eigenvalue weighted by atomic mass is 10.3. The molecule has 0 N–H and O–H groups in total. The summed E-state index contributed by atoms with van der Waals surface area (Å²) in [5.74, 6) is 1.68. The summed E-state index contributed by atoms with van der Waals surface area (Å²) in [6.07, 6.45) is 1.87. The molecule has 0 saturated heterocycles. The number of hydrogen-bond acceptors (Lipinski definition) is 5. The third-order valence-corrected chi connectivity index (χ3v) is 4.24. The van der Waals surface area contributed by atoms with Crippen molar-refractivity contribution in [3.05, 3.63) is 32.3 Å². The molecule has 0 unspecified atom stereocenters. The van der Waals surface area contributed by atoms with E-state index in [2.05, 4.69) is 41.8 Å². The van der Waals surface area contributed by atoms with Crippen LogP contribution in [-0.4, -0.2) is 23.3 Å². The predicted octanol–water partition coefficient (Wildman–Crippen LogP) is 5.18. The number of thioether (sulfide) groups is 1. The summed E-state index contributed by atoms with van der Waals surface area (Å²) in [5.41, 5.74) is 0. The molecule has 0 spiro atoms. The number of rotatable bonds is 4. The quantitative estimate of drug-likeness (QED) is 0.372. The van der Waals surface area contributed by atoms with Gasteiger partial charge in [-0.3, -0.25) is 0 Å². The average Bonchev–Trinajstić information content (AvgIpc) is 2.41. The van der Waals surface area contributed by atoms with E-state index in [0.717, 1.165) is 8.95 Å². The van der Waals surface area contributed by atoms with E-state index in [1.165, 1.54) is 11.8 Å². The van der Waals surface area contributed by atoms with Gasteiger partial charge in [-0.1, -0.05) is 23.4 Å². The highest BCUT2D eigenvalue weighted by Gasteiger charge is 2.11. The molecule has 106 valence electrons. The van der Waals surface area contributed by atoms with Crippen LogP contribution < -0.4 is 9.47 Å². The van der Waals surface area contributed by atoms with Crippen LogP contribution in [-0.2, 0) is 0 Å². The standard InChI is InChI=1S/C12H9Br2ClN2O2S/c1-18-8-3-7(14)9(4-6(8)13)19-11-5-10(15)16-12(17-11)20-2/h3-5H,1-2H3. The van der Waals surface area contributed by atoms with Gasteiger partial charge in [0.1, 0.15) is 16.7 Å². The lowest BCUT2D eigenvalue weighted by Crippen LogP contribution is -1.94. The molecule has 1 aromatic heterocycles. The first-order valence-electron chi connectivity index (χ1n) is 5.33. The Labute approximate surface area is 142 Å². The van der Waals surface area contributed by atoms with Crippen molar-refractivity contribution in [1.82, 2.24) is 9.97 Å². The molecule has 0 fully saturated rings. The lowest BCUT2D eigenvalue weighted by molar-refractivity contribution is 0.408. The van der Waals surface area contributed by atoms with Crippen molar-refractivity contribution in [2.24, 2.45) is 0 Å². The largest absolute Gasteiger partial charge is 0.496 e. The zero-order valence-electron chi connectivity index (χ0n) is 10.5. The first kappa shape index (κ1) is 15.9. The second-order valence-electron chi connectivity index (χ2n) is 3.53. The van der Waals surface area contributed by atoms with E-state index in [1.807, 2.05) is 6.26 Å². The van der Waals surface area contributed by atoms with Crippen LogP contribution in [0.25, 0.3) is 0 Å². The maximum absolute atomic E-state index is 5.93. The molecule has 1 aromatic carbocycles. The second-order valence-corrected chi connectivity index (χ2v) is 6.40. The van der Waals surface area contributed by atoms with E-state index in [-0.39, 0.29) is 0 Å². The Kier molecular flexibility index (Phi) is 5.54. The third kappa shape index (κ3) is 3.78. The van der Waals surface area contributed by atoms with Gasteiger partial charge < -0.3 is 9.47 Å². The first-order chi connectivity index (χ1) is 9.53. The summed E-state index contributed by atoms with van der Waals surface area (Å²) in [6.45, 7) is 0. The fourth-order valence-electron chi connectivity index (χ4n) is 1.38. The Hall–Kier alpha value is -0.500. The number of halogens is 3. The number of aromatic nitrogens is 2. The zero-order chi connectivity index (χ0) is 14.7. The van der Waals surface area contributed by atoms with Crippen molar-refractivity contribution in [1.29, 1.82) is 0 Å². The van der Waals surface area contributed by atoms with E-state index in [9.17, 15) is 0 Å². The molecule has 0 saturated carbocycles. The minimum absolute atomic E-state index is 0.336. The van der Waals surface area contributed by atoms with Crippen LogP contribution in [0.4, 0.5) is 0 Å². The molecule has 0 amide bonds. The van der Waals surface area contributed by atoms with Crippen molar-refractivity contribution in [2.45, 2.75) is 5.16 Å². The third-order valence-electron chi connectivity index (χ3n) is 2.25. The van der Waals surface area contributed by atoms with Gasteiger partial charge in [-0.25, -0.2) is 4.98 Å². The zero-order valence-corrected chi connectivity index (χ0v) is 15.2. The molecule has 0 atom stereocenters. The maximum Gasteiger partial charge on any atom is 0.224 e. The van der Waals surface area contributed by atoms with E-state index in [1.54, 1.807) is 25.3 Å². The van der Waals surface area contributed by atoms with Gasteiger partial charge >= 0.3 is 0 Å². The minimum Gasteiger partial charge on any atom is -0.496 e. The smallest absolute Gasteiger partial charge is 0.224 e. The maximum atomic E-state index is 5.93. The molecule has 2 rings (SSSR count). The number of benzene rings is 1. The van der Waals surface area contributed by atoms with Gasteiger partial charge in [0.15, 0.2) is 5.16 Å². The fourth-order valence-corrected chi connectivity index (χ4v) is 2.86. The Balaban J connectivity index is 2.35. The molecule has 0 bridgehead atoms. The average molecular weight is 441 g/mol. The van der Waals surface area contributed by atoms with Gasteiger partial charge in [-0.2, -0.15) is 4.98 Å². The number of nitrogens with zero attached hydrogens (tertiary/aromatic N) is 2. The molecule has 20 heavy (non-hydrogen) atoms. The predicted molar refractivity (Wildman–Crippen MR) is 87.3 cm³/mol. The van der Waals surface area contributed by atoms with Crippen LogP contribution in [0.3, 0.4) is 0 Å². The highest BCUT2D eigenvalue weighted by Crippen LogP contribution is 2.38. The van der Waals surface area contributed by atoms with Gasteiger partial charge in [0.05, 0.1) is 16.1 Å². The van der Waals surface area contributed by atoms with Gasteiger partial charge in [0, 0.05) is 6.07 Å². The van der Waals surface area contributed by atoms with Crippen molar-refractivity contribution in [3.8, 4) is 17.4 Å². The molecule has 0 aliphatic heterocycles. The molecule has 0 aliphatic rings. The van der Waals surface area contributed by atoms with Gasteiger partial charge in [-0.15, -0.1) is 0 Å². The summed E-state index contributed by atoms with van der Waals surface area (Å²) in [6, 6.07) is 5.15. The normalized spacial score (nSPS) is 10.4. The summed E-state index contributed by atoms with van der Waals surface area (Å²) in [4.78, 5) is 8.30. The summed E-state index contributed by atoms with van der Waals surface area (Å²) in [5, 5.41) is 0.888. The summed E-state index contributed by atoms with van der Waals surface area (Å²) >= 11 is 14.2. The molecule has 0 radical (unpaired) electrons. The summed E-state index contributed by atoms with van der Waals surface area (Å²) < 4.78 is 12.5. The highest BCUT2D eigenvalue weighted by atomic mass is 79.9. The van der Waals surface area contributed by atoms with E-state index < -0.39 is 0 Å². The van der Waals surface area contributed by atoms with Gasteiger partial charge in [0.25, 0.3) is 0 Å². The van der Waals surface area contributed by atoms with Crippen LogP contribution >= 0.6 is 55.2 Å². The first-order valence-corrected chi connectivity index (χ1v) is 8.52. The van der Waals surface area contributed by atoms with Crippen LogP contribution in [0.1, 0.15) is 0 Å². The van der Waals surface area contributed by atoms with Gasteiger partial charge in [-0.05, 0) is 50.2 Å². The summed E-state index contributed by atoms with van der Waals surface area (Å²) in [7, 11) is 1.60. The van der Waals surface area contributed by atoms with Crippen LogP contribution in [0.15, 0.2) is 32.3 Å². The van der Waals surface area contributed by atoms with E-state index >= 15 is 0 Å². The van der Waals surface area contributed by atoms with Crippen molar-refractivity contribution < 1.29 is 9.47 Å². The molecule has 0 aliphatic carbocycles. The second kappa shape index (κ2) is 6.98. The fraction of sp³-hybridized carbons (Fsp3) is 0.167. The molecule has 4 nitrogen and oxygen atoms in total. The topological polar surface area (TPSA) is 44.2 Å². The molecular formula is C12H9Br2ClN2O2S. The van der Waals surface area contributed by atoms with Crippen molar-refractivity contribution in [2.75, 3.05) is 13.4 Å². The van der Waals surface area contributed by atoms with Crippen molar-refractivity contribution >= 4 is 55.2 Å². The van der Waals surface area contributed by atoms with Gasteiger partial charge in [0.2, 0.25) is 5.88 Å². The highest BCUT2D eigenvalue weighted by molar-refractivity contribution is 9.11. The van der Waals surface area contributed by atoms with E-state index in [4.69, 9.17) is 21.1 Å². The number of ether oxygens (including phenoxy) is 2. The van der Waals surface area contributed by atoms with Crippen molar-refractivity contribution in [3.63, 3.8) is 0 Å². The van der Waals surface area contributed by atoms with E-state index in [0.29, 0.717) is 27.7 Å². The molecular weight excluding hydrogens is 431 g/mol. The van der Waals surface area contributed by atoms with Crippen LogP contribution in [0.2, 0.25) is 5.15 Å². The number of hydrogen-bond donors (Lipinski definition) is 0.